The van der Waals surface area contributed by atoms with Gasteiger partial charge in [-0.2, -0.15) is 0 Å². The van der Waals surface area contributed by atoms with E-state index in [9.17, 15) is 0 Å². The van der Waals surface area contributed by atoms with Crippen molar-refractivity contribution in [1.82, 2.24) is 4.72 Å². The highest BCUT2D eigenvalue weighted by Gasteiger charge is 2.12. The first-order valence-corrected chi connectivity index (χ1v) is 3.07. The van der Waals surface area contributed by atoms with Crippen LogP contribution in [0, 0.1) is 6.54 Å². The zero-order valence-electron chi connectivity index (χ0n) is 4.18. The molecule has 1 atom stereocenters. The van der Waals surface area contributed by atoms with Crippen LogP contribution in [0.2, 0.25) is 0 Å². The van der Waals surface area contributed by atoms with Crippen molar-refractivity contribution in [3.63, 3.8) is 0 Å². The lowest BCUT2D eigenvalue weighted by molar-refractivity contribution is 0.177. The second-order valence-corrected chi connectivity index (χ2v) is 2.34. The molecule has 0 aromatic rings. The second kappa shape index (κ2) is 2.55. The van der Waals surface area contributed by atoms with Crippen LogP contribution in [0.5, 0.6) is 0 Å². The molecule has 0 aromatic carbocycles. The van der Waals surface area contributed by atoms with Crippen LogP contribution in [0.15, 0.2) is 0 Å². The zero-order valence-corrected chi connectivity index (χ0v) is 4.99. The molecule has 1 aliphatic rings. The molecule has 0 bridgehead atoms. The van der Waals surface area contributed by atoms with Crippen LogP contribution in [-0.2, 0) is 4.74 Å². The summed E-state index contributed by atoms with van der Waals surface area (Å²) in [7, 11) is 1.72. The fraction of sp³-hybridized carbons (Fsp3) is 0.750. The van der Waals surface area contributed by atoms with Crippen molar-refractivity contribution in [1.29, 1.82) is 0 Å². The fourth-order valence-corrected chi connectivity index (χ4v) is 1.09. The van der Waals surface area contributed by atoms with Crippen molar-refractivity contribution in [3.8, 4) is 0 Å². The number of ether oxygens (including phenoxy) is 1. The molecule has 0 aliphatic carbocycles. The van der Waals surface area contributed by atoms with Gasteiger partial charge in [0.2, 0.25) is 0 Å². The third kappa shape index (κ3) is 1.33. The van der Waals surface area contributed by atoms with E-state index < -0.39 is 0 Å². The topological polar surface area (TPSA) is 21.3 Å². The Morgan fingerprint density at radius 1 is 2.00 bits per heavy atom. The maximum atomic E-state index is 4.98. The van der Waals surface area contributed by atoms with Crippen LogP contribution in [0.3, 0.4) is 0 Å². The van der Waals surface area contributed by atoms with Crippen LogP contribution < -0.4 is 4.72 Å². The van der Waals surface area contributed by atoms with Gasteiger partial charge < -0.3 is 4.74 Å². The Bertz CT molecular complexity index is 53.7. The third-order valence-electron chi connectivity index (χ3n) is 0.856. The summed E-state index contributed by atoms with van der Waals surface area (Å²) in [5.41, 5.74) is 0.347. The van der Waals surface area contributed by atoms with Gasteiger partial charge in [0.1, 0.15) is 5.44 Å². The maximum absolute atomic E-state index is 4.98. The van der Waals surface area contributed by atoms with Crippen molar-refractivity contribution in [2.24, 2.45) is 0 Å². The molecule has 1 aliphatic heterocycles. The molecule has 41 valence electrons. The number of nitrogens with one attached hydrogen (secondary N) is 1. The number of methoxy groups -OCH3 is 1. The molecule has 0 saturated carbocycles. The summed E-state index contributed by atoms with van der Waals surface area (Å²) in [4.78, 5) is 0. The summed E-state index contributed by atoms with van der Waals surface area (Å²) in [5.74, 6) is 0. The first kappa shape index (κ1) is 5.41. The molecule has 1 unspecified atom stereocenters. The average molecular weight is 118 g/mol. The minimum atomic E-state index is 0.347. The van der Waals surface area contributed by atoms with Gasteiger partial charge in [-0.05, 0) is 11.9 Å². The van der Waals surface area contributed by atoms with Crippen LogP contribution in [-0.4, -0.2) is 12.5 Å². The van der Waals surface area contributed by atoms with Crippen LogP contribution in [0.25, 0.3) is 0 Å². The second-order valence-electron chi connectivity index (χ2n) is 1.34. The van der Waals surface area contributed by atoms with Crippen molar-refractivity contribution < 1.29 is 4.74 Å². The molecule has 1 fully saturated rings. The summed E-state index contributed by atoms with van der Waals surface area (Å²) in [5, 5.41) is 0. The number of rotatable bonds is 1. The fourth-order valence-electron chi connectivity index (χ4n) is 0.461. The van der Waals surface area contributed by atoms with Crippen molar-refractivity contribution in [2.45, 2.75) is 11.9 Å². The molecule has 0 aromatic heterocycles. The molecule has 1 radical (unpaired) electrons. The van der Waals surface area contributed by atoms with Crippen LogP contribution in [0.4, 0.5) is 0 Å². The molecule has 1 heterocycles. The lowest BCUT2D eigenvalue weighted by Gasteiger charge is -2.00. The Balaban J connectivity index is 2.14. The van der Waals surface area contributed by atoms with E-state index in [2.05, 4.69) is 4.72 Å². The van der Waals surface area contributed by atoms with Gasteiger partial charge in [-0.3, -0.25) is 4.72 Å². The van der Waals surface area contributed by atoms with Gasteiger partial charge in [-0.15, -0.1) is 0 Å². The molecule has 1 saturated heterocycles. The molecule has 0 amide bonds. The molecule has 2 nitrogen and oxygen atoms in total. The summed E-state index contributed by atoms with van der Waals surface area (Å²) in [6.45, 7) is 2.00. The van der Waals surface area contributed by atoms with Gasteiger partial charge >= 0.3 is 0 Å². The quantitative estimate of drug-likeness (QED) is 0.514. The number of hydrogen-bond donors (Lipinski definition) is 1. The highest BCUT2D eigenvalue weighted by atomic mass is 32.2. The minimum absolute atomic E-state index is 0.347. The Morgan fingerprint density at radius 2 is 2.86 bits per heavy atom. The minimum Gasteiger partial charge on any atom is -0.369 e. The number of hydrogen-bond acceptors (Lipinski definition) is 3. The van der Waals surface area contributed by atoms with Gasteiger partial charge in [0.25, 0.3) is 0 Å². The molecule has 3 heteroatoms. The van der Waals surface area contributed by atoms with Gasteiger partial charge in [0.15, 0.2) is 0 Å². The normalized spacial score (nSPS) is 31.3. The first-order valence-electron chi connectivity index (χ1n) is 2.19. The standard InChI is InChI=1S/C4H8NOS/c1-6-4-2-3-5-7-4/h3-5H,2H2,1H3. The first-order chi connectivity index (χ1) is 3.43. The third-order valence-corrected chi connectivity index (χ3v) is 1.81. The van der Waals surface area contributed by atoms with E-state index >= 15 is 0 Å². The lowest BCUT2D eigenvalue weighted by Crippen LogP contribution is -1.97. The summed E-state index contributed by atoms with van der Waals surface area (Å²) in [6, 6.07) is 0. The van der Waals surface area contributed by atoms with E-state index in [1.165, 1.54) is 0 Å². The van der Waals surface area contributed by atoms with E-state index in [1.54, 1.807) is 19.1 Å². The predicted molar refractivity (Wildman–Crippen MR) is 30.4 cm³/mol. The van der Waals surface area contributed by atoms with Gasteiger partial charge in [-0.25, -0.2) is 0 Å². The van der Waals surface area contributed by atoms with Crippen LogP contribution >= 0.6 is 11.9 Å². The van der Waals surface area contributed by atoms with E-state index in [0.29, 0.717) is 5.44 Å². The summed E-state index contributed by atoms with van der Waals surface area (Å²) in [6.07, 6.45) is 1.02. The van der Waals surface area contributed by atoms with Crippen molar-refractivity contribution in [2.75, 3.05) is 7.11 Å². The Kier molecular flexibility index (Phi) is 1.97. The van der Waals surface area contributed by atoms with Gasteiger partial charge in [0, 0.05) is 20.1 Å². The highest BCUT2D eigenvalue weighted by Crippen LogP contribution is 2.19. The Hall–Kier alpha value is 0.270. The molecule has 0 spiro atoms. The van der Waals surface area contributed by atoms with E-state index in [0.717, 1.165) is 6.42 Å². The average Bonchev–Trinajstić information content (AvgIpc) is 2.14. The van der Waals surface area contributed by atoms with Crippen molar-refractivity contribution >= 4 is 11.9 Å². The molecular weight excluding hydrogens is 110 g/mol. The van der Waals surface area contributed by atoms with E-state index in [-0.39, 0.29) is 0 Å². The Labute approximate surface area is 47.8 Å². The predicted octanol–water partition coefficient (Wildman–Crippen LogP) is 0.762. The molecule has 7 heavy (non-hydrogen) atoms. The maximum Gasteiger partial charge on any atom is 0.118 e. The molecule has 1 N–H and O–H groups in total. The zero-order chi connectivity index (χ0) is 5.11. The smallest absolute Gasteiger partial charge is 0.118 e. The Morgan fingerprint density at radius 3 is 3.14 bits per heavy atom. The SMILES string of the molecule is COC1C[CH]NS1. The van der Waals surface area contributed by atoms with E-state index in [4.69, 9.17) is 4.74 Å². The van der Waals surface area contributed by atoms with Crippen LogP contribution in [0.1, 0.15) is 6.42 Å². The highest BCUT2D eigenvalue weighted by molar-refractivity contribution is 7.98. The summed E-state index contributed by atoms with van der Waals surface area (Å²) >= 11 is 1.61. The molecular formula is C4H8NOS. The lowest BCUT2D eigenvalue weighted by atomic mass is 10.5. The van der Waals surface area contributed by atoms with Gasteiger partial charge in [0.05, 0.1) is 0 Å². The molecule has 1 rings (SSSR count). The van der Waals surface area contributed by atoms with Gasteiger partial charge in [-0.1, -0.05) is 0 Å². The van der Waals surface area contributed by atoms with E-state index in [1.807, 2.05) is 6.54 Å². The monoisotopic (exact) mass is 118 g/mol. The van der Waals surface area contributed by atoms with Crippen molar-refractivity contribution in [3.05, 3.63) is 6.54 Å². The largest absolute Gasteiger partial charge is 0.369 e. The summed E-state index contributed by atoms with van der Waals surface area (Å²) < 4.78 is 7.97.